The molecule has 3 heterocycles. The van der Waals surface area contributed by atoms with Crippen molar-refractivity contribution in [1.82, 2.24) is 9.88 Å². The monoisotopic (exact) mass is 304 g/mol. The van der Waals surface area contributed by atoms with E-state index in [4.69, 9.17) is 9.47 Å². The van der Waals surface area contributed by atoms with Gasteiger partial charge >= 0.3 is 0 Å². The van der Waals surface area contributed by atoms with E-state index in [9.17, 15) is 0 Å². The molecule has 22 heavy (non-hydrogen) atoms. The largest absolute Gasteiger partial charge is 0.385 e. The molecule has 2 aliphatic rings. The zero-order valence-corrected chi connectivity index (χ0v) is 13.9. The molecular weight excluding hydrogens is 276 g/mol. The van der Waals surface area contributed by atoms with Crippen LogP contribution in [-0.2, 0) is 16.0 Å². The SMILES string of the molecule is COCC[C@H]1CCOC12CCN(Cc1cccc(C)n1)CC2. The molecule has 0 saturated carbocycles. The van der Waals surface area contributed by atoms with Gasteiger partial charge in [-0.15, -0.1) is 0 Å². The number of hydrogen-bond acceptors (Lipinski definition) is 4. The molecule has 122 valence electrons. The molecule has 0 amide bonds. The predicted molar refractivity (Wildman–Crippen MR) is 86.8 cm³/mol. The summed E-state index contributed by atoms with van der Waals surface area (Å²) >= 11 is 0. The molecule has 2 fully saturated rings. The minimum absolute atomic E-state index is 0.120. The number of likely N-dealkylation sites (tertiary alicyclic amines) is 1. The molecule has 0 unspecified atom stereocenters. The second-order valence-electron chi connectivity index (χ2n) is 6.73. The van der Waals surface area contributed by atoms with Crippen molar-refractivity contribution in [2.45, 2.75) is 44.8 Å². The molecule has 1 spiro atoms. The van der Waals surface area contributed by atoms with Crippen molar-refractivity contribution >= 4 is 0 Å². The van der Waals surface area contributed by atoms with E-state index in [1.54, 1.807) is 7.11 Å². The Balaban J connectivity index is 1.55. The highest BCUT2D eigenvalue weighted by Crippen LogP contribution is 2.42. The van der Waals surface area contributed by atoms with E-state index in [2.05, 4.69) is 35.0 Å². The highest BCUT2D eigenvalue weighted by Gasteiger charge is 2.45. The highest BCUT2D eigenvalue weighted by molar-refractivity contribution is 5.10. The zero-order chi connectivity index (χ0) is 15.4. The number of ether oxygens (including phenoxy) is 2. The molecule has 4 heteroatoms. The van der Waals surface area contributed by atoms with E-state index in [1.165, 1.54) is 12.1 Å². The van der Waals surface area contributed by atoms with Gasteiger partial charge in [-0.25, -0.2) is 0 Å². The molecule has 3 rings (SSSR count). The number of rotatable bonds is 5. The Labute approximate surface area is 133 Å². The maximum Gasteiger partial charge on any atom is 0.0736 e. The number of nitrogens with zero attached hydrogens (tertiary/aromatic N) is 2. The standard InChI is InChI=1S/C18H28N2O2/c1-15-4-3-5-17(19-15)14-20-10-8-18(9-11-20)16(6-12-21-2)7-13-22-18/h3-5,16H,6-14H2,1-2H3/t16-/m0/s1. The third-order valence-electron chi connectivity index (χ3n) is 5.30. The summed E-state index contributed by atoms with van der Waals surface area (Å²) in [7, 11) is 1.79. The summed E-state index contributed by atoms with van der Waals surface area (Å²) in [5.41, 5.74) is 2.40. The first-order valence-electron chi connectivity index (χ1n) is 8.50. The summed E-state index contributed by atoms with van der Waals surface area (Å²) in [6.07, 6.45) is 4.62. The lowest BCUT2D eigenvalue weighted by Crippen LogP contribution is -2.47. The van der Waals surface area contributed by atoms with Crippen LogP contribution in [0.5, 0.6) is 0 Å². The number of aromatic nitrogens is 1. The number of pyridine rings is 1. The molecule has 1 aromatic heterocycles. The third kappa shape index (κ3) is 3.50. The maximum absolute atomic E-state index is 6.21. The van der Waals surface area contributed by atoms with Crippen molar-refractivity contribution in [3.05, 3.63) is 29.6 Å². The van der Waals surface area contributed by atoms with Gasteiger partial charge in [0, 0.05) is 45.7 Å². The van der Waals surface area contributed by atoms with Crippen molar-refractivity contribution in [3.63, 3.8) is 0 Å². The molecule has 0 N–H and O–H groups in total. The fourth-order valence-corrected chi connectivity index (χ4v) is 4.01. The van der Waals surface area contributed by atoms with Gasteiger partial charge in [0.1, 0.15) is 0 Å². The molecule has 0 radical (unpaired) electrons. The lowest BCUT2D eigenvalue weighted by Gasteiger charge is -2.42. The first-order chi connectivity index (χ1) is 10.7. The maximum atomic E-state index is 6.21. The molecule has 1 aromatic rings. The molecular formula is C18H28N2O2. The van der Waals surface area contributed by atoms with E-state index in [1.807, 2.05) is 0 Å². The summed E-state index contributed by atoms with van der Waals surface area (Å²) in [5, 5.41) is 0. The molecule has 0 bridgehead atoms. The van der Waals surface area contributed by atoms with Gasteiger partial charge in [-0.1, -0.05) is 6.07 Å². The molecule has 2 aliphatic heterocycles. The van der Waals surface area contributed by atoms with Gasteiger partial charge < -0.3 is 9.47 Å². The first-order valence-corrected chi connectivity index (χ1v) is 8.50. The van der Waals surface area contributed by atoms with Crippen LogP contribution < -0.4 is 0 Å². The molecule has 2 saturated heterocycles. The zero-order valence-electron chi connectivity index (χ0n) is 13.9. The second-order valence-corrected chi connectivity index (χ2v) is 6.73. The van der Waals surface area contributed by atoms with Crippen LogP contribution in [0.25, 0.3) is 0 Å². The van der Waals surface area contributed by atoms with Crippen LogP contribution in [0.15, 0.2) is 18.2 Å². The van der Waals surface area contributed by atoms with Crippen molar-refractivity contribution in [2.75, 3.05) is 33.4 Å². The van der Waals surface area contributed by atoms with Gasteiger partial charge in [-0.3, -0.25) is 9.88 Å². The summed E-state index contributed by atoms with van der Waals surface area (Å²) in [6, 6.07) is 6.29. The van der Waals surface area contributed by atoms with E-state index in [0.29, 0.717) is 5.92 Å². The van der Waals surface area contributed by atoms with Gasteiger partial charge in [0.25, 0.3) is 0 Å². The van der Waals surface area contributed by atoms with Crippen molar-refractivity contribution < 1.29 is 9.47 Å². The summed E-state index contributed by atoms with van der Waals surface area (Å²) in [6.45, 7) is 7.01. The van der Waals surface area contributed by atoms with Gasteiger partial charge in [-0.2, -0.15) is 0 Å². The number of piperidine rings is 1. The Hall–Kier alpha value is -0.970. The fraction of sp³-hybridized carbons (Fsp3) is 0.722. The topological polar surface area (TPSA) is 34.6 Å². The normalized spacial score (nSPS) is 24.9. The van der Waals surface area contributed by atoms with E-state index < -0.39 is 0 Å². The summed E-state index contributed by atoms with van der Waals surface area (Å²) in [5.74, 6) is 0.673. The van der Waals surface area contributed by atoms with Gasteiger partial charge in [-0.05, 0) is 50.7 Å². The van der Waals surface area contributed by atoms with E-state index in [0.717, 1.165) is 57.8 Å². The number of aryl methyl sites for hydroxylation is 1. The van der Waals surface area contributed by atoms with E-state index >= 15 is 0 Å². The molecule has 4 nitrogen and oxygen atoms in total. The number of hydrogen-bond donors (Lipinski definition) is 0. The van der Waals surface area contributed by atoms with Crippen LogP contribution in [0.1, 0.15) is 37.1 Å². The van der Waals surface area contributed by atoms with Gasteiger partial charge in [0.15, 0.2) is 0 Å². The van der Waals surface area contributed by atoms with Crippen LogP contribution in [0.3, 0.4) is 0 Å². The minimum atomic E-state index is 0.120. The lowest BCUT2D eigenvalue weighted by molar-refractivity contribution is -0.0722. The smallest absolute Gasteiger partial charge is 0.0736 e. The van der Waals surface area contributed by atoms with Crippen LogP contribution in [0.4, 0.5) is 0 Å². The average Bonchev–Trinajstić information content (AvgIpc) is 2.90. The van der Waals surface area contributed by atoms with Gasteiger partial charge in [0.2, 0.25) is 0 Å². The second kappa shape index (κ2) is 7.07. The molecule has 1 atom stereocenters. The minimum Gasteiger partial charge on any atom is -0.385 e. The number of methoxy groups -OCH3 is 1. The Kier molecular flexibility index (Phi) is 5.11. The Morgan fingerprint density at radius 2 is 2.18 bits per heavy atom. The summed E-state index contributed by atoms with van der Waals surface area (Å²) in [4.78, 5) is 7.14. The summed E-state index contributed by atoms with van der Waals surface area (Å²) < 4.78 is 11.5. The predicted octanol–water partition coefficient (Wildman–Crippen LogP) is 2.80. The first kappa shape index (κ1) is 15.9. The van der Waals surface area contributed by atoms with Crippen molar-refractivity contribution in [2.24, 2.45) is 5.92 Å². The van der Waals surface area contributed by atoms with Gasteiger partial charge in [0.05, 0.1) is 11.3 Å². The highest BCUT2D eigenvalue weighted by atomic mass is 16.5. The van der Waals surface area contributed by atoms with Crippen LogP contribution in [0.2, 0.25) is 0 Å². The van der Waals surface area contributed by atoms with Crippen molar-refractivity contribution in [1.29, 1.82) is 0 Å². The lowest BCUT2D eigenvalue weighted by atomic mass is 9.78. The van der Waals surface area contributed by atoms with Crippen LogP contribution in [-0.4, -0.2) is 48.9 Å². The Morgan fingerprint density at radius 3 is 2.91 bits per heavy atom. The quantitative estimate of drug-likeness (QED) is 0.838. The molecule has 0 aliphatic carbocycles. The van der Waals surface area contributed by atoms with Crippen LogP contribution in [0, 0.1) is 12.8 Å². The van der Waals surface area contributed by atoms with Crippen LogP contribution >= 0.6 is 0 Å². The Bertz CT molecular complexity index is 484. The average molecular weight is 304 g/mol. The molecule has 0 aromatic carbocycles. The van der Waals surface area contributed by atoms with Crippen molar-refractivity contribution in [3.8, 4) is 0 Å². The Morgan fingerprint density at radius 1 is 1.36 bits per heavy atom. The third-order valence-corrected chi connectivity index (χ3v) is 5.30. The fourth-order valence-electron chi connectivity index (χ4n) is 4.01. The van der Waals surface area contributed by atoms with E-state index in [-0.39, 0.29) is 5.60 Å².